The van der Waals surface area contributed by atoms with E-state index >= 15 is 0 Å². The Balaban J connectivity index is 1.84. The summed E-state index contributed by atoms with van der Waals surface area (Å²) in [6.07, 6.45) is 1.70. The van der Waals surface area contributed by atoms with Crippen LogP contribution < -0.4 is 4.31 Å². The number of ketones is 1. The molecule has 0 amide bonds. The molecule has 0 saturated carbocycles. The molecule has 0 spiro atoms. The van der Waals surface area contributed by atoms with Crippen molar-refractivity contribution in [2.75, 3.05) is 4.31 Å². The topological polar surface area (TPSA) is 67.3 Å². The molecule has 4 aromatic rings. The zero-order valence-corrected chi connectivity index (χ0v) is 18.1. The number of rotatable bonds is 6. The molecule has 0 fully saturated rings. The third-order valence-corrected chi connectivity index (χ3v) is 6.99. The smallest absolute Gasteiger partial charge is 0.264 e. The van der Waals surface area contributed by atoms with Crippen molar-refractivity contribution < 1.29 is 13.2 Å². The highest BCUT2D eigenvalue weighted by atomic mass is 32.2. The van der Waals surface area contributed by atoms with Gasteiger partial charge in [0.15, 0.2) is 5.78 Å². The molecule has 0 atom stereocenters. The van der Waals surface area contributed by atoms with Gasteiger partial charge in [0.05, 0.1) is 22.6 Å². The van der Waals surface area contributed by atoms with E-state index in [4.69, 9.17) is 0 Å². The van der Waals surface area contributed by atoms with Gasteiger partial charge < -0.3 is 0 Å². The molecule has 5 nitrogen and oxygen atoms in total. The van der Waals surface area contributed by atoms with Crippen LogP contribution in [0.25, 0.3) is 10.9 Å². The second kappa shape index (κ2) is 8.32. The molecule has 1 aromatic heterocycles. The second-order valence-corrected chi connectivity index (χ2v) is 9.28. The lowest BCUT2D eigenvalue weighted by molar-refractivity contribution is 0.101. The first kappa shape index (κ1) is 20.8. The summed E-state index contributed by atoms with van der Waals surface area (Å²) in [7, 11) is -3.85. The number of sulfonamides is 1. The molecular formula is C25H22N2O3S. The number of carbonyl (C=O) groups excluding carboxylic acids is 1. The predicted octanol–water partition coefficient (Wildman–Crippen LogP) is 5.14. The first-order valence-electron chi connectivity index (χ1n) is 9.89. The fourth-order valence-corrected chi connectivity index (χ4v) is 4.91. The van der Waals surface area contributed by atoms with Gasteiger partial charge >= 0.3 is 0 Å². The third kappa shape index (κ3) is 4.20. The monoisotopic (exact) mass is 430 g/mol. The Hall–Kier alpha value is -3.51. The van der Waals surface area contributed by atoms with Crippen LogP contribution in [-0.4, -0.2) is 19.2 Å². The van der Waals surface area contributed by atoms with Crippen LogP contribution in [0.2, 0.25) is 0 Å². The molecule has 0 radical (unpaired) electrons. The van der Waals surface area contributed by atoms with Crippen molar-refractivity contribution in [2.24, 2.45) is 0 Å². The van der Waals surface area contributed by atoms with Gasteiger partial charge in [0.2, 0.25) is 0 Å². The van der Waals surface area contributed by atoms with Crippen LogP contribution in [0.5, 0.6) is 0 Å². The Morgan fingerprint density at radius 2 is 1.58 bits per heavy atom. The molecule has 1 heterocycles. The molecule has 0 aliphatic carbocycles. The maximum Gasteiger partial charge on any atom is 0.264 e. The lowest BCUT2D eigenvalue weighted by Crippen LogP contribution is -2.30. The summed E-state index contributed by atoms with van der Waals surface area (Å²) in [5.74, 6) is -0.0715. The Bertz CT molecular complexity index is 1340. The molecule has 156 valence electrons. The zero-order chi connectivity index (χ0) is 22.0. The Labute approximate surface area is 182 Å². The number of benzene rings is 3. The van der Waals surface area contributed by atoms with Gasteiger partial charge in [0.1, 0.15) is 0 Å². The summed E-state index contributed by atoms with van der Waals surface area (Å²) in [6.45, 7) is 3.51. The Morgan fingerprint density at radius 1 is 0.903 bits per heavy atom. The minimum atomic E-state index is -3.85. The van der Waals surface area contributed by atoms with Crippen LogP contribution in [0, 0.1) is 6.92 Å². The summed E-state index contributed by atoms with van der Waals surface area (Å²) >= 11 is 0. The van der Waals surface area contributed by atoms with E-state index < -0.39 is 10.0 Å². The Kier molecular flexibility index (Phi) is 5.57. The van der Waals surface area contributed by atoms with Crippen molar-refractivity contribution in [3.63, 3.8) is 0 Å². The number of aryl methyl sites for hydroxylation is 1. The maximum absolute atomic E-state index is 13.6. The zero-order valence-electron chi connectivity index (χ0n) is 17.3. The minimum absolute atomic E-state index is 0.0715. The van der Waals surface area contributed by atoms with Gasteiger partial charge in [-0.05, 0) is 61.9 Å². The molecule has 0 aliphatic rings. The van der Waals surface area contributed by atoms with E-state index in [9.17, 15) is 13.2 Å². The summed E-state index contributed by atoms with van der Waals surface area (Å²) in [5.41, 5.74) is 3.55. The number of fused-ring (bicyclic) bond motifs is 1. The molecule has 0 aliphatic heterocycles. The number of aromatic nitrogens is 1. The fourth-order valence-electron chi connectivity index (χ4n) is 3.46. The van der Waals surface area contributed by atoms with E-state index in [1.165, 1.54) is 11.2 Å². The Morgan fingerprint density at radius 3 is 2.26 bits per heavy atom. The number of hydrogen-bond acceptors (Lipinski definition) is 4. The summed E-state index contributed by atoms with van der Waals surface area (Å²) in [5, 5.41) is 0.944. The van der Waals surface area contributed by atoms with Crippen LogP contribution in [0.3, 0.4) is 0 Å². The lowest BCUT2D eigenvalue weighted by Gasteiger charge is -2.25. The van der Waals surface area contributed by atoms with Gasteiger partial charge in [-0.25, -0.2) is 8.42 Å². The molecule has 4 rings (SSSR count). The van der Waals surface area contributed by atoms with Crippen molar-refractivity contribution in [1.82, 2.24) is 4.98 Å². The van der Waals surface area contributed by atoms with Crippen molar-refractivity contribution in [2.45, 2.75) is 25.3 Å². The van der Waals surface area contributed by atoms with Crippen LogP contribution in [0.15, 0.2) is 90.0 Å². The van der Waals surface area contributed by atoms with Gasteiger partial charge in [-0.3, -0.25) is 14.1 Å². The van der Waals surface area contributed by atoms with Crippen molar-refractivity contribution in [3.05, 3.63) is 102 Å². The molecule has 3 aromatic carbocycles. The molecule has 0 unspecified atom stereocenters. The van der Waals surface area contributed by atoms with E-state index in [-0.39, 0.29) is 17.2 Å². The van der Waals surface area contributed by atoms with Crippen LogP contribution >= 0.6 is 0 Å². The van der Waals surface area contributed by atoms with E-state index in [0.717, 1.165) is 22.0 Å². The van der Waals surface area contributed by atoms with Gasteiger partial charge in [0, 0.05) is 17.1 Å². The summed E-state index contributed by atoms with van der Waals surface area (Å²) < 4.78 is 28.6. The van der Waals surface area contributed by atoms with Crippen molar-refractivity contribution >= 4 is 32.4 Å². The van der Waals surface area contributed by atoms with Crippen molar-refractivity contribution in [1.29, 1.82) is 0 Å². The SMILES string of the molecule is CC(=O)c1ccc(N(Cc2cccc3cccnc23)S(=O)(=O)c2ccc(C)cc2)cc1. The van der Waals surface area contributed by atoms with E-state index in [1.807, 2.05) is 37.3 Å². The van der Waals surface area contributed by atoms with Crippen LogP contribution in [0.4, 0.5) is 5.69 Å². The van der Waals surface area contributed by atoms with Crippen molar-refractivity contribution in [3.8, 4) is 0 Å². The van der Waals surface area contributed by atoms with E-state index in [1.54, 1.807) is 54.7 Å². The highest BCUT2D eigenvalue weighted by Crippen LogP contribution is 2.28. The highest BCUT2D eigenvalue weighted by Gasteiger charge is 2.26. The lowest BCUT2D eigenvalue weighted by atomic mass is 10.1. The van der Waals surface area contributed by atoms with Gasteiger partial charge in [0.25, 0.3) is 10.0 Å². The number of hydrogen-bond donors (Lipinski definition) is 0. The molecule has 0 N–H and O–H groups in total. The number of Topliss-reactive ketones (excluding diaryl/α,β-unsaturated/α-hetero) is 1. The standard InChI is InChI=1S/C25H22N2O3S/c1-18-8-14-24(15-9-18)31(29,30)27(23-12-10-20(11-13-23)19(2)28)17-22-6-3-5-21-7-4-16-26-25(21)22/h3-16H,17H2,1-2H3. The third-order valence-electron chi connectivity index (χ3n) is 5.20. The molecule has 0 saturated heterocycles. The van der Waals surface area contributed by atoms with E-state index in [0.29, 0.717) is 11.3 Å². The first-order valence-corrected chi connectivity index (χ1v) is 11.3. The minimum Gasteiger partial charge on any atom is -0.295 e. The molecule has 6 heteroatoms. The largest absolute Gasteiger partial charge is 0.295 e. The second-order valence-electron chi connectivity index (χ2n) is 7.42. The molecule has 0 bridgehead atoms. The molecule has 31 heavy (non-hydrogen) atoms. The average Bonchev–Trinajstić information content (AvgIpc) is 2.78. The van der Waals surface area contributed by atoms with Gasteiger partial charge in [-0.15, -0.1) is 0 Å². The summed E-state index contributed by atoms with van der Waals surface area (Å²) in [6, 6.07) is 23.0. The highest BCUT2D eigenvalue weighted by molar-refractivity contribution is 7.92. The maximum atomic E-state index is 13.6. The van der Waals surface area contributed by atoms with E-state index in [2.05, 4.69) is 4.98 Å². The number of para-hydroxylation sites is 1. The van der Waals surface area contributed by atoms with Gasteiger partial charge in [-0.1, -0.05) is 42.0 Å². The molecular weight excluding hydrogens is 408 g/mol. The summed E-state index contributed by atoms with van der Waals surface area (Å²) in [4.78, 5) is 16.3. The number of anilines is 1. The fraction of sp³-hybridized carbons (Fsp3) is 0.120. The average molecular weight is 431 g/mol. The number of nitrogens with zero attached hydrogens (tertiary/aromatic N) is 2. The normalized spacial score (nSPS) is 11.4. The first-order chi connectivity index (χ1) is 14.9. The number of pyridine rings is 1. The van der Waals surface area contributed by atoms with Gasteiger partial charge in [-0.2, -0.15) is 0 Å². The predicted molar refractivity (Wildman–Crippen MR) is 123 cm³/mol. The van der Waals surface area contributed by atoms with Crippen LogP contribution in [0.1, 0.15) is 28.4 Å². The van der Waals surface area contributed by atoms with Crippen LogP contribution in [-0.2, 0) is 16.6 Å². The number of carbonyl (C=O) groups is 1. The quantitative estimate of drug-likeness (QED) is 0.397.